The zero-order valence-corrected chi connectivity index (χ0v) is 13.5. The number of carboxylic acid groups (broad SMARTS) is 1. The van der Waals surface area contributed by atoms with Gasteiger partial charge in [0, 0.05) is 24.3 Å². The first-order valence-corrected chi connectivity index (χ1v) is 8.18. The molecule has 6 heteroatoms. The van der Waals surface area contributed by atoms with E-state index in [0.29, 0.717) is 18.5 Å². The third kappa shape index (κ3) is 2.76. The lowest BCUT2D eigenvalue weighted by Gasteiger charge is -2.16. The maximum absolute atomic E-state index is 12.5. The van der Waals surface area contributed by atoms with Crippen molar-refractivity contribution in [3.8, 4) is 5.69 Å². The summed E-state index contributed by atoms with van der Waals surface area (Å²) in [6, 6.07) is 15.2. The van der Waals surface area contributed by atoms with Crippen LogP contribution in [0.5, 0.6) is 0 Å². The molecule has 1 atom stereocenters. The number of imidazole rings is 1. The van der Waals surface area contributed by atoms with E-state index in [4.69, 9.17) is 5.11 Å². The number of likely N-dealkylation sites (tertiary alicyclic amines) is 1. The van der Waals surface area contributed by atoms with Gasteiger partial charge < -0.3 is 10.0 Å². The molecule has 2 aromatic carbocycles. The maximum Gasteiger partial charge on any atom is 0.308 e. The van der Waals surface area contributed by atoms with E-state index in [-0.39, 0.29) is 12.5 Å². The second-order valence-corrected chi connectivity index (χ2v) is 6.23. The molecule has 1 N–H and O–H groups in total. The summed E-state index contributed by atoms with van der Waals surface area (Å²) < 4.78 is 1.97. The summed E-state index contributed by atoms with van der Waals surface area (Å²) in [6.07, 6.45) is 2.28. The first-order chi connectivity index (χ1) is 12.1. The summed E-state index contributed by atoms with van der Waals surface area (Å²) in [6.45, 7) is 0.770. The normalized spacial score (nSPS) is 17.1. The lowest BCUT2D eigenvalue weighted by atomic mass is 10.1. The van der Waals surface area contributed by atoms with Gasteiger partial charge in [0.1, 0.15) is 6.33 Å². The van der Waals surface area contributed by atoms with E-state index in [1.165, 1.54) is 0 Å². The highest BCUT2D eigenvalue weighted by Crippen LogP contribution is 2.21. The molecule has 2 heterocycles. The highest BCUT2D eigenvalue weighted by atomic mass is 16.4. The Kier molecular flexibility index (Phi) is 3.72. The molecule has 0 saturated carbocycles. The second-order valence-electron chi connectivity index (χ2n) is 6.23. The standard InChI is InChI=1S/C19H17N3O3/c23-18(21-10-9-14(11-21)19(24)25)13-5-7-15(8-6-13)22-12-20-16-3-1-2-4-17(16)22/h1-8,12,14H,9-11H2,(H,24,25)/t14-/m1/s1. The van der Waals surface area contributed by atoms with Gasteiger partial charge in [0.2, 0.25) is 0 Å². The quantitative estimate of drug-likeness (QED) is 0.798. The molecule has 1 aliphatic heterocycles. The van der Waals surface area contributed by atoms with Gasteiger partial charge in [0.25, 0.3) is 5.91 Å². The number of fused-ring (bicyclic) bond motifs is 1. The van der Waals surface area contributed by atoms with Crippen LogP contribution in [0.15, 0.2) is 54.9 Å². The molecular weight excluding hydrogens is 318 g/mol. The molecule has 0 spiro atoms. The second kappa shape index (κ2) is 6.05. The molecule has 126 valence electrons. The lowest BCUT2D eigenvalue weighted by Crippen LogP contribution is -2.29. The minimum atomic E-state index is -0.836. The Labute approximate surface area is 144 Å². The minimum absolute atomic E-state index is 0.120. The first kappa shape index (κ1) is 15.4. The molecule has 6 nitrogen and oxygen atoms in total. The van der Waals surface area contributed by atoms with E-state index in [1.807, 2.05) is 41.0 Å². The van der Waals surface area contributed by atoms with Crippen LogP contribution in [-0.2, 0) is 4.79 Å². The number of hydrogen-bond donors (Lipinski definition) is 1. The third-order valence-corrected chi connectivity index (χ3v) is 4.67. The Morgan fingerprint density at radius 1 is 1.08 bits per heavy atom. The molecule has 1 fully saturated rings. The highest BCUT2D eigenvalue weighted by Gasteiger charge is 2.31. The fourth-order valence-corrected chi connectivity index (χ4v) is 3.26. The Morgan fingerprint density at radius 3 is 2.56 bits per heavy atom. The summed E-state index contributed by atoms with van der Waals surface area (Å²) in [7, 11) is 0. The zero-order valence-electron chi connectivity index (χ0n) is 13.5. The van der Waals surface area contributed by atoms with Crippen LogP contribution in [0.1, 0.15) is 16.8 Å². The molecule has 0 unspecified atom stereocenters. The molecule has 1 amide bonds. The number of hydrogen-bond acceptors (Lipinski definition) is 3. The van der Waals surface area contributed by atoms with Crippen LogP contribution in [0.4, 0.5) is 0 Å². The summed E-state index contributed by atoms with van der Waals surface area (Å²) >= 11 is 0. The predicted octanol–water partition coefficient (Wildman–Crippen LogP) is 2.57. The number of benzene rings is 2. The van der Waals surface area contributed by atoms with Crippen molar-refractivity contribution in [3.05, 3.63) is 60.4 Å². The van der Waals surface area contributed by atoms with Crippen molar-refractivity contribution < 1.29 is 14.7 Å². The van der Waals surface area contributed by atoms with E-state index in [1.54, 1.807) is 23.4 Å². The van der Waals surface area contributed by atoms with Crippen LogP contribution in [0.2, 0.25) is 0 Å². The van der Waals surface area contributed by atoms with Crippen molar-refractivity contribution >= 4 is 22.9 Å². The van der Waals surface area contributed by atoms with Crippen LogP contribution in [0.25, 0.3) is 16.7 Å². The van der Waals surface area contributed by atoms with Crippen molar-refractivity contribution in [2.75, 3.05) is 13.1 Å². The predicted molar refractivity (Wildman–Crippen MR) is 92.7 cm³/mol. The van der Waals surface area contributed by atoms with Crippen molar-refractivity contribution in [1.82, 2.24) is 14.5 Å². The van der Waals surface area contributed by atoms with Gasteiger partial charge in [0.05, 0.1) is 17.0 Å². The largest absolute Gasteiger partial charge is 0.481 e. The molecule has 0 bridgehead atoms. The van der Waals surface area contributed by atoms with E-state index >= 15 is 0 Å². The lowest BCUT2D eigenvalue weighted by molar-refractivity contribution is -0.141. The Bertz CT molecular complexity index is 946. The van der Waals surface area contributed by atoms with Crippen LogP contribution < -0.4 is 0 Å². The zero-order chi connectivity index (χ0) is 17.4. The van der Waals surface area contributed by atoms with Gasteiger partial charge in [-0.2, -0.15) is 0 Å². The van der Waals surface area contributed by atoms with Crippen LogP contribution in [-0.4, -0.2) is 44.5 Å². The molecular formula is C19H17N3O3. The summed E-state index contributed by atoms with van der Waals surface area (Å²) in [5, 5.41) is 9.07. The van der Waals surface area contributed by atoms with Gasteiger partial charge in [-0.3, -0.25) is 14.2 Å². The molecule has 4 rings (SSSR count). The number of amides is 1. The number of para-hydroxylation sites is 2. The molecule has 25 heavy (non-hydrogen) atoms. The number of rotatable bonds is 3. The minimum Gasteiger partial charge on any atom is -0.481 e. The summed E-state index contributed by atoms with van der Waals surface area (Å²) in [5.74, 6) is -1.41. The molecule has 0 aliphatic carbocycles. The Balaban J connectivity index is 1.56. The van der Waals surface area contributed by atoms with E-state index in [0.717, 1.165) is 16.7 Å². The molecule has 1 aromatic heterocycles. The van der Waals surface area contributed by atoms with Crippen LogP contribution in [0, 0.1) is 5.92 Å². The summed E-state index contributed by atoms with van der Waals surface area (Å²) in [5.41, 5.74) is 3.42. The molecule has 0 radical (unpaired) electrons. The smallest absolute Gasteiger partial charge is 0.308 e. The van der Waals surface area contributed by atoms with Crippen molar-refractivity contribution in [3.63, 3.8) is 0 Å². The maximum atomic E-state index is 12.5. The van der Waals surface area contributed by atoms with E-state index in [9.17, 15) is 9.59 Å². The SMILES string of the molecule is O=C(O)[C@@H]1CCN(C(=O)c2ccc(-n3cnc4ccccc43)cc2)C1. The van der Waals surface area contributed by atoms with Crippen molar-refractivity contribution in [1.29, 1.82) is 0 Å². The van der Waals surface area contributed by atoms with Gasteiger partial charge in [-0.05, 0) is 42.8 Å². The van der Waals surface area contributed by atoms with Gasteiger partial charge in [0.15, 0.2) is 0 Å². The number of aliphatic carboxylic acids is 1. The van der Waals surface area contributed by atoms with Gasteiger partial charge in [-0.15, -0.1) is 0 Å². The average Bonchev–Trinajstić information content (AvgIpc) is 3.29. The average molecular weight is 335 g/mol. The first-order valence-electron chi connectivity index (χ1n) is 8.18. The van der Waals surface area contributed by atoms with Crippen molar-refractivity contribution in [2.45, 2.75) is 6.42 Å². The summed E-state index contributed by atoms with van der Waals surface area (Å²) in [4.78, 5) is 29.6. The number of aromatic nitrogens is 2. The molecule has 1 aliphatic rings. The Hall–Kier alpha value is -3.15. The molecule has 3 aromatic rings. The number of carboxylic acids is 1. The third-order valence-electron chi connectivity index (χ3n) is 4.67. The Morgan fingerprint density at radius 2 is 1.84 bits per heavy atom. The number of carbonyl (C=O) groups excluding carboxylic acids is 1. The van der Waals surface area contributed by atoms with E-state index in [2.05, 4.69) is 4.98 Å². The van der Waals surface area contributed by atoms with Gasteiger partial charge in [-0.25, -0.2) is 4.98 Å². The monoisotopic (exact) mass is 335 g/mol. The van der Waals surface area contributed by atoms with Crippen molar-refractivity contribution in [2.24, 2.45) is 5.92 Å². The molecule has 1 saturated heterocycles. The van der Waals surface area contributed by atoms with Crippen LogP contribution >= 0.6 is 0 Å². The topological polar surface area (TPSA) is 75.4 Å². The van der Waals surface area contributed by atoms with Gasteiger partial charge >= 0.3 is 5.97 Å². The number of carbonyl (C=O) groups is 2. The fraction of sp³-hybridized carbons (Fsp3) is 0.211. The number of nitrogens with zero attached hydrogens (tertiary/aromatic N) is 3. The highest BCUT2D eigenvalue weighted by molar-refractivity contribution is 5.95. The van der Waals surface area contributed by atoms with E-state index < -0.39 is 11.9 Å². The van der Waals surface area contributed by atoms with Gasteiger partial charge in [-0.1, -0.05) is 12.1 Å². The fourth-order valence-electron chi connectivity index (χ4n) is 3.26. The van der Waals surface area contributed by atoms with Crippen LogP contribution in [0.3, 0.4) is 0 Å².